The number of carbonyl (C=O) groups excluding carboxylic acids is 1. The van der Waals surface area contributed by atoms with Gasteiger partial charge in [-0.05, 0) is 25.0 Å². The Labute approximate surface area is 171 Å². The minimum atomic E-state index is -0.133. The van der Waals surface area contributed by atoms with E-state index in [1.54, 1.807) is 31.6 Å². The molecule has 146 valence electrons. The fraction of sp³-hybridized carbons (Fsp3) is 0.588. The number of halogens is 1. The Morgan fingerprint density at radius 3 is 2.85 bits per heavy atom. The SMILES string of the molecule is CN=C(NCCCOC1CCOC1)NCCNC(=O)c1cccnc1.I. The fourth-order valence-electron chi connectivity index (χ4n) is 2.35. The number of nitrogens with zero attached hydrogens (tertiary/aromatic N) is 2. The van der Waals surface area contributed by atoms with Crippen LogP contribution in [0.5, 0.6) is 0 Å². The van der Waals surface area contributed by atoms with Gasteiger partial charge in [0.05, 0.1) is 18.3 Å². The number of ether oxygens (including phenoxy) is 2. The number of hydrogen-bond donors (Lipinski definition) is 3. The molecule has 0 saturated carbocycles. The predicted molar refractivity (Wildman–Crippen MR) is 111 cm³/mol. The van der Waals surface area contributed by atoms with Crippen LogP contribution in [0.4, 0.5) is 0 Å². The van der Waals surface area contributed by atoms with Crippen molar-refractivity contribution in [2.75, 3.05) is 46.5 Å². The summed E-state index contributed by atoms with van der Waals surface area (Å²) >= 11 is 0. The Balaban J connectivity index is 0.00000338. The molecule has 0 radical (unpaired) electrons. The van der Waals surface area contributed by atoms with Crippen LogP contribution in [-0.4, -0.2) is 69.5 Å². The topological polar surface area (TPSA) is 96.9 Å². The van der Waals surface area contributed by atoms with Crippen molar-refractivity contribution in [2.24, 2.45) is 4.99 Å². The third-order valence-electron chi connectivity index (χ3n) is 3.71. The Kier molecular flexibility index (Phi) is 11.9. The number of rotatable bonds is 9. The van der Waals surface area contributed by atoms with Crippen LogP contribution in [0, 0.1) is 0 Å². The molecule has 1 saturated heterocycles. The van der Waals surface area contributed by atoms with Crippen molar-refractivity contribution in [3.8, 4) is 0 Å². The summed E-state index contributed by atoms with van der Waals surface area (Å²) in [5.74, 6) is 0.575. The van der Waals surface area contributed by atoms with Crippen LogP contribution in [-0.2, 0) is 9.47 Å². The molecule has 8 nitrogen and oxygen atoms in total. The third-order valence-corrected chi connectivity index (χ3v) is 3.71. The van der Waals surface area contributed by atoms with Gasteiger partial charge in [-0.1, -0.05) is 0 Å². The van der Waals surface area contributed by atoms with E-state index in [-0.39, 0.29) is 36.0 Å². The van der Waals surface area contributed by atoms with Gasteiger partial charge in [-0.25, -0.2) is 0 Å². The number of guanidine groups is 1. The molecule has 0 spiro atoms. The fourth-order valence-corrected chi connectivity index (χ4v) is 2.35. The molecule has 1 fully saturated rings. The number of aromatic nitrogens is 1. The van der Waals surface area contributed by atoms with Crippen LogP contribution in [0.2, 0.25) is 0 Å². The molecule has 2 heterocycles. The predicted octanol–water partition coefficient (Wildman–Crippen LogP) is 0.790. The summed E-state index contributed by atoms with van der Waals surface area (Å²) in [7, 11) is 1.72. The van der Waals surface area contributed by atoms with Crippen molar-refractivity contribution >= 4 is 35.8 Å². The van der Waals surface area contributed by atoms with Crippen LogP contribution in [0.25, 0.3) is 0 Å². The third kappa shape index (κ3) is 8.77. The highest BCUT2D eigenvalue weighted by Gasteiger charge is 2.15. The number of amides is 1. The molecule has 1 aromatic heterocycles. The molecule has 0 bridgehead atoms. The van der Waals surface area contributed by atoms with Crippen LogP contribution >= 0.6 is 24.0 Å². The average molecular weight is 477 g/mol. The molecule has 26 heavy (non-hydrogen) atoms. The number of carbonyl (C=O) groups is 1. The first kappa shape index (κ1) is 22.6. The van der Waals surface area contributed by atoms with E-state index in [0.717, 1.165) is 26.0 Å². The lowest BCUT2D eigenvalue weighted by molar-refractivity contribution is 0.0420. The highest BCUT2D eigenvalue weighted by molar-refractivity contribution is 14.0. The lowest BCUT2D eigenvalue weighted by Gasteiger charge is -2.13. The second-order valence-corrected chi connectivity index (χ2v) is 5.63. The van der Waals surface area contributed by atoms with Crippen LogP contribution in [0.15, 0.2) is 29.5 Å². The van der Waals surface area contributed by atoms with Crippen molar-refractivity contribution in [1.82, 2.24) is 20.9 Å². The van der Waals surface area contributed by atoms with E-state index < -0.39 is 0 Å². The summed E-state index contributed by atoms with van der Waals surface area (Å²) < 4.78 is 11.0. The Morgan fingerprint density at radius 1 is 1.35 bits per heavy atom. The summed E-state index contributed by atoms with van der Waals surface area (Å²) in [6.07, 6.45) is 5.32. The van der Waals surface area contributed by atoms with Gasteiger partial charge in [0, 0.05) is 52.3 Å². The molecule has 1 unspecified atom stereocenters. The highest BCUT2D eigenvalue weighted by atomic mass is 127. The Morgan fingerprint density at radius 2 is 2.15 bits per heavy atom. The maximum Gasteiger partial charge on any atom is 0.252 e. The normalized spacial score (nSPS) is 16.7. The number of pyridine rings is 1. The zero-order chi connectivity index (χ0) is 17.7. The first-order valence-corrected chi connectivity index (χ1v) is 8.61. The molecular formula is C17H28IN5O3. The first-order chi connectivity index (χ1) is 12.3. The molecule has 3 N–H and O–H groups in total. The zero-order valence-electron chi connectivity index (χ0n) is 15.1. The second kappa shape index (κ2) is 13.7. The monoisotopic (exact) mass is 477 g/mol. The van der Waals surface area contributed by atoms with Gasteiger partial charge in [0.2, 0.25) is 0 Å². The van der Waals surface area contributed by atoms with Gasteiger partial charge in [0.25, 0.3) is 5.91 Å². The molecule has 1 atom stereocenters. The van der Waals surface area contributed by atoms with E-state index in [1.165, 1.54) is 0 Å². The highest BCUT2D eigenvalue weighted by Crippen LogP contribution is 2.07. The van der Waals surface area contributed by atoms with E-state index in [9.17, 15) is 4.79 Å². The van der Waals surface area contributed by atoms with E-state index >= 15 is 0 Å². The van der Waals surface area contributed by atoms with Gasteiger partial charge in [0.1, 0.15) is 0 Å². The minimum Gasteiger partial charge on any atom is -0.379 e. The zero-order valence-corrected chi connectivity index (χ0v) is 17.4. The van der Waals surface area contributed by atoms with Crippen LogP contribution in [0.3, 0.4) is 0 Å². The van der Waals surface area contributed by atoms with Gasteiger partial charge in [0.15, 0.2) is 5.96 Å². The number of aliphatic imine (C=N–C) groups is 1. The molecule has 1 amide bonds. The summed E-state index contributed by atoms with van der Waals surface area (Å²) in [5.41, 5.74) is 0.553. The lowest BCUT2D eigenvalue weighted by Crippen LogP contribution is -2.42. The van der Waals surface area contributed by atoms with Crippen molar-refractivity contribution in [3.05, 3.63) is 30.1 Å². The van der Waals surface area contributed by atoms with Crippen molar-refractivity contribution in [2.45, 2.75) is 18.9 Å². The summed E-state index contributed by atoms with van der Waals surface area (Å²) in [6.45, 7) is 4.08. The van der Waals surface area contributed by atoms with Gasteiger partial charge in [-0.2, -0.15) is 0 Å². The van der Waals surface area contributed by atoms with E-state index in [0.29, 0.717) is 37.8 Å². The maximum absolute atomic E-state index is 11.9. The molecule has 0 aromatic carbocycles. The maximum atomic E-state index is 11.9. The smallest absolute Gasteiger partial charge is 0.252 e. The minimum absolute atomic E-state index is 0. The quantitative estimate of drug-likeness (QED) is 0.211. The van der Waals surface area contributed by atoms with Gasteiger partial charge >= 0.3 is 0 Å². The summed E-state index contributed by atoms with van der Waals surface area (Å²) in [4.78, 5) is 19.9. The van der Waals surface area contributed by atoms with Crippen LogP contribution < -0.4 is 16.0 Å². The van der Waals surface area contributed by atoms with E-state index in [4.69, 9.17) is 9.47 Å². The van der Waals surface area contributed by atoms with Gasteiger partial charge in [-0.3, -0.25) is 14.8 Å². The first-order valence-electron chi connectivity index (χ1n) is 8.61. The molecule has 1 aromatic rings. The standard InChI is InChI=1S/C17H27N5O3.HI/c1-18-17(21-7-3-10-25-15-5-11-24-13-15)22-9-8-20-16(23)14-4-2-6-19-12-14;/h2,4,6,12,15H,3,5,7-11,13H2,1H3,(H,20,23)(H2,18,21,22);1H. The van der Waals surface area contributed by atoms with Crippen molar-refractivity contribution in [3.63, 3.8) is 0 Å². The molecular weight excluding hydrogens is 449 g/mol. The average Bonchev–Trinajstić information content (AvgIpc) is 3.17. The molecule has 9 heteroatoms. The summed E-state index contributed by atoms with van der Waals surface area (Å²) in [6, 6.07) is 3.47. The van der Waals surface area contributed by atoms with Crippen molar-refractivity contribution in [1.29, 1.82) is 0 Å². The summed E-state index contributed by atoms with van der Waals surface area (Å²) in [5, 5.41) is 9.21. The molecule has 1 aliphatic heterocycles. The number of nitrogens with one attached hydrogen (secondary N) is 3. The second-order valence-electron chi connectivity index (χ2n) is 5.63. The largest absolute Gasteiger partial charge is 0.379 e. The van der Waals surface area contributed by atoms with E-state index in [1.807, 2.05) is 0 Å². The molecule has 0 aliphatic carbocycles. The van der Waals surface area contributed by atoms with E-state index in [2.05, 4.69) is 25.9 Å². The molecule has 2 rings (SSSR count). The Bertz CT molecular complexity index is 538. The number of hydrogen-bond acceptors (Lipinski definition) is 5. The van der Waals surface area contributed by atoms with Crippen molar-refractivity contribution < 1.29 is 14.3 Å². The van der Waals surface area contributed by atoms with Gasteiger partial charge < -0.3 is 25.4 Å². The molecule has 1 aliphatic rings. The Hall–Kier alpha value is -1.46. The van der Waals surface area contributed by atoms with Crippen LogP contribution in [0.1, 0.15) is 23.2 Å². The lowest BCUT2D eigenvalue weighted by atomic mass is 10.3. The van der Waals surface area contributed by atoms with Gasteiger partial charge in [-0.15, -0.1) is 24.0 Å².